The Bertz CT molecular complexity index is 290. The van der Waals surface area contributed by atoms with Crippen LogP contribution in [0, 0.1) is 0 Å². The summed E-state index contributed by atoms with van der Waals surface area (Å²) in [4.78, 5) is 0. The average Bonchev–Trinajstić information content (AvgIpc) is 2.28. The molecule has 0 amide bonds. The fourth-order valence-electron chi connectivity index (χ4n) is 1.71. The van der Waals surface area contributed by atoms with Gasteiger partial charge in [0.2, 0.25) is 0 Å². The van der Waals surface area contributed by atoms with Crippen LogP contribution in [0.25, 0.3) is 0 Å². The molecule has 0 aromatic carbocycles. The number of allylic oxidation sites excluding steroid dienone is 4. The van der Waals surface area contributed by atoms with E-state index >= 15 is 0 Å². The molecule has 98 valence electrons. The van der Waals surface area contributed by atoms with Gasteiger partial charge in [-0.3, -0.25) is 0 Å². The first-order valence-electron chi connectivity index (χ1n) is 6.09. The van der Waals surface area contributed by atoms with E-state index in [0.717, 1.165) is 25.0 Å². The lowest BCUT2D eigenvalue weighted by Crippen LogP contribution is -2.07. The summed E-state index contributed by atoms with van der Waals surface area (Å²) in [6.07, 6.45) is 2.77. The van der Waals surface area contributed by atoms with E-state index in [0.29, 0.717) is 13.0 Å². The minimum Gasteiger partial charge on any atom is -0.498 e. The highest BCUT2D eigenvalue weighted by Crippen LogP contribution is 2.23. The summed E-state index contributed by atoms with van der Waals surface area (Å²) in [5.74, 6) is 0.897. The Hall–Kier alpha value is -0.930. The van der Waals surface area contributed by atoms with Crippen molar-refractivity contribution < 1.29 is 17.9 Å². The highest BCUT2D eigenvalue weighted by atomic mass is 19.4. The van der Waals surface area contributed by atoms with E-state index in [9.17, 15) is 13.2 Å². The third-order valence-electron chi connectivity index (χ3n) is 2.79. The average molecular weight is 248 g/mol. The van der Waals surface area contributed by atoms with Crippen molar-refractivity contribution in [3.63, 3.8) is 0 Å². The molecule has 0 aromatic rings. The number of rotatable bonds is 6. The lowest BCUT2D eigenvalue weighted by Gasteiger charge is -2.15. The Balaban J connectivity index is 2.12. The number of alkyl halides is 3. The van der Waals surface area contributed by atoms with Gasteiger partial charge >= 0.3 is 6.18 Å². The standard InChI is InChI=1S/C13H19F3O/c1-2-11-5-7-12(8-6-11)17-10-4-3-9-13(14,15)16/h5,7H,2-4,6,8-10H2,1H3. The Morgan fingerprint density at radius 2 is 1.94 bits per heavy atom. The highest BCUT2D eigenvalue weighted by Gasteiger charge is 2.25. The summed E-state index contributed by atoms with van der Waals surface area (Å²) in [7, 11) is 0. The van der Waals surface area contributed by atoms with Crippen molar-refractivity contribution in [2.24, 2.45) is 0 Å². The van der Waals surface area contributed by atoms with Crippen LogP contribution in [0.2, 0.25) is 0 Å². The molecule has 4 heteroatoms. The zero-order valence-corrected chi connectivity index (χ0v) is 10.1. The van der Waals surface area contributed by atoms with Crippen LogP contribution in [0.1, 0.15) is 45.4 Å². The predicted molar refractivity (Wildman–Crippen MR) is 61.5 cm³/mol. The zero-order valence-electron chi connectivity index (χ0n) is 10.1. The zero-order chi connectivity index (χ0) is 12.7. The van der Waals surface area contributed by atoms with Gasteiger partial charge in [-0.05, 0) is 31.8 Å². The fourth-order valence-corrected chi connectivity index (χ4v) is 1.71. The maximum Gasteiger partial charge on any atom is 0.389 e. The summed E-state index contributed by atoms with van der Waals surface area (Å²) in [5.41, 5.74) is 1.40. The lowest BCUT2D eigenvalue weighted by atomic mass is 10.0. The summed E-state index contributed by atoms with van der Waals surface area (Å²) >= 11 is 0. The molecule has 0 saturated heterocycles. The van der Waals surface area contributed by atoms with Gasteiger partial charge in [0.25, 0.3) is 0 Å². The van der Waals surface area contributed by atoms with E-state index in [1.165, 1.54) is 5.57 Å². The van der Waals surface area contributed by atoms with Gasteiger partial charge in [-0.2, -0.15) is 13.2 Å². The van der Waals surface area contributed by atoms with Gasteiger partial charge in [0, 0.05) is 12.8 Å². The number of unbranched alkanes of at least 4 members (excludes halogenated alkanes) is 1. The molecule has 1 aliphatic rings. The Morgan fingerprint density at radius 1 is 1.18 bits per heavy atom. The van der Waals surface area contributed by atoms with Gasteiger partial charge in [0.15, 0.2) is 0 Å². The van der Waals surface area contributed by atoms with E-state index in [4.69, 9.17) is 4.74 Å². The predicted octanol–water partition coefficient (Wildman–Crippen LogP) is 4.75. The van der Waals surface area contributed by atoms with Crippen molar-refractivity contribution in [1.82, 2.24) is 0 Å². The van der Waals surface area contributed by atoms with Crippen molar-refractivity contribution in [3.8, 4) is 0 Å². The molecule has 0 N–H and O–H groups in total. The van der Waals surface area contributed by atoms with Crippen LogP contribution < -0.4 is 0 Å². The van der Waals surface area contributed by atoms with Crippen molar-refractivity contribution in [2.45, 2.75) is 51.6 Å². The van der Waals surface area contributed by atoms with Crippen molar-refractivity contribution >= 4 is 0 Å². The third kappa shape index (κ3) is 6.39. The maximum absolute atomic E-state index is 11.9. The minimum atomic E-state index is -4.04. The molecule has 1 rings (SSSR count). The monoisotopic (exact) mass is 248 g/mol. The van der Waals surface area contributed by atoms with Gasteiger partial charge in [-0.15, -0.1) is 0 Å². The van der Waals surface area contributed by atoms with Crippen LogP contribution in [0.4, 0.5) is 13.2 Å². The Kier molecular flexibility index (Phi) is 5.59. The Labute approximate surface area is 100 Å². The van der Waals surface area contributed by atoms with E-state index in [1.807, 2.05) is 6.08 Å². The highest BCUT2D eigenvalue weighted by molar-refractivity contribution is 5.20. The van der Waals surface area contributed by atoms with Crippen molar-refractivity contribution in [2.75, 3.05) is 6.61 Å². The molecule has 1 nitrogen and oxygen atoms in total. The molecule has 0 spiro atoms. The minimum absolute atomic E-state index is 0.146. The molecular weight excluding hydrogens is 229 g/mol. The number of hydrogen-bond donors (Lipinski definition) is 0. The molecule has 0 fully saturated rings. The van der Waals surface area contributed by atoms with Crippen molar-refractivity contribution in [1.29, 1.82) is 0 Å². The molecule has 17 heavy (non-hydrogen) atoms. The second kappa shape index (κ2) is 6.72. The van der Waals surface area contributed by atoms with Crippen LogP contribution in [0.5, 0.6) is 0 Å². The normalized spacial score (nSPS) is 16.5. The van der Waals surface area contributed by atoms with Gasteiger partial charge in [0.05, 0.1) is 12.4 Å². The van der Waals surface area contributed by atoms with Gasteiger partial charge in [-0.25, -0.2) is 0 Å². The molecule has 0 heterocycles. The van der Waals surface area contributed by atoms with Crippen LogP contribution >= 0.6 is 0 Å². The molecular formula is C13H19F3O. The van der Waals surface area contributed by atoms with E-state index < -0.39 is 12.6 Å². The number of hydrogen-bond acceptors (Lipinski definition) is 1. The molecule has 0 aliphatic heterocycles. The van der Waals surface area contributed by atoms with Gasteiger partial charge < -0.3 is 4.74 Å². The second-order valence-electron chi connectivity index (χ2n) is 4.23. The topological polar surface area (TPSA) is 9.23 Å². The van der Waals surface area contributed by atoms with Crippen LogP contribution in [0.3, 0.4) is 0 Å². The molecule has 0 atom stereocenters. The first-order valence-corrected chi connectivity index (χ1v) is 6.09. The van der Waals surface area contributed by atoms with E-state index in [-0.39, 0.29) is 6.42 Å². The first kappa shape index (κ1) is 14.1. The molecule has 0 aromatic heterocycles. The van der Waals surface area contributed by atoms with Crippen LogP contribution in [-0.4, -0.2) is 12.8 Å². The number of ether oxygens (including phenoxy) is 1. The second-order valence-corrected chi connectivity index (χ2v) is 4.23. The fraction of sp³-hybridized carbons (Fsp3) is 0.692. The van der Waals surface area contributed by atoms with Crippen LogP contribution in [0.15, 0.2) is 23.5 Å². The summed E-state index contributed by atoms with van der Waals surface area (Å²) in [6, 6.07) is 0. The number of halogens is 3. The first-order chi connectivity index (χ1) is 8.01. The molecule has 0 bridgehead atoms. The van der Waals surface area contributed by atoms with E-state index in [2.05, 4.69) is 13.0 Å². The van der Waals surface area contributed by atoms with Gasteiger partial charge in [0.1, 0.15) is 0 Å². The largest absolute Gasteiger partial charge is 0.498 e. The van der Waals surface area contributed by atoms with Gasteiger partial charge in [-0.1, -0.05) is 18.6 Å². The molecule has 1 aliphatic carbocycles. The summed E-state index contributed by atoms with van der Waals surface area (Å²) in [5, 5.41) is 0. The lowest BCUT2D eigenvalue weighted by molar-refractivity contribution is -0.136. The van der Waals surface area contributed by atoms with Crippen LogP contribution in [-0.2, 0) is 4.74 Å². The SMILES string of the molecule is CCC1=CC=C(OCCCCC(F)(F)F)CC1. The molecule has 0 unspecified atom stereocenters. The quantitative estimate of drug-likeness (QED) is 0.616. The van der Waals surface area contributed by atoms with E-state index in [1.54, 1.807) is 0 Å². The summed E-state index contributed by atoms with van der Waals surface area (Å²) in [6.45, 7) is 2.50. The van der Waals surface area contributed by atoms with Crippen molar-refractivity contribution in [3.05, 3.63) is 23.5 Å². The Morgan fingerprint density at radius 3 is 2.47 bits per heavy atom. The smallest absolute Gasteiger partial charge is 0.389 e. The maximum atomic E-state index is 11.9. The third-order valence-corrected chi connectivity index (χ3v) is 2.79. The summed E-state index contributed by atoms with van der Waals surface area (Å²) < 4.78 is 41.0. The molecule has 0 saturated carbocycles. The molecule has 0 radical (unpaired) electrons.